The van der Waals surface area contributed by atoms with Gasteiger partial charge >= 0.3 is 0 Å². The molecule has 1 aliphatic heterocycles. The summed E-state index contributed by atoms with van der Waals surface area (Å²) in [6.45, 7) is 2.38. The molecule has 0 N–H and O–H groups in total. The van der Waals surface area contributed by atoms with Crippen molar-refractivity contribution in [2.24, 2.45) is 0 Å². The van der Waals surface area contributed by atoms with Crippen LogP contribution in [0.4, 0.5) is 17.1 Å². The summed E-state index contributed by atoms with van der Waals surface area (Å²) >= 11 is 0. The fourth-order valence-corrected chi connectivity index (χ4v) is 4.14. The number of rotatable bonds is 2. The van der Waals surface area contributed by atoms with Gasteiger partial charge in [-0.3, -0.25) is 0 Å². The number of aryl methyl sites for hydroxylation is 1. The van der Waals surface area contributed by atoms with Gasteiger partial charge in [-0.15, -0.1) is 0 Å². The zero-order valence-electron chi connectivity index (χ0n) is 15.3. The third-order valence-electron chi connectivity index (χ3n) is 5.40. The van der Waals surface area contributed by atoms with E-state index < -0.39 is 0 Å². The summed E-state index contributed by atoms with van der Waals surface area (Å²) in [6.07, 6.45) is 0. The fraction of sp³-hybridized carbons (Fsp3) is 0.0400. The lowest BCUT2D eigenvalue weighted by molar-refractivity contribution is 1.28. The van der Waals surface area contributed by atoms with Crippen LogP contribution >= 0.6 is 0 Å². The van der Waals surface area contributed by atoms with Gasteiger partial charge in [0.25, 0.3) is 0 Å². The van der Waals surface area contributed by atoms with Crippen molar-refractivity contribution >= 4 is 40.2 Å². The summed E-state index contributed by atoms with van der Waals surface area (Å²) in [6, 6.07) is 37.2. The van der Waals surface area contributed by atoms with E-state index in [0.29, 0.717) is 0 Å². The largest absolute Gasteiger partial charge is 0.312 e. The second-order valence-corrected chi connectivity index (χ2v) is 7.13. The summed E-state index contributed by atoms with van der Waals surface area (Å²) < 4.78 is 0. The molecule has 128 valence electrons. The smallest absolute Gasteiger partial charge is 0.246 e. The van der Waals surface area contributed by atoms with Gasteiger partial charge in [0, 0.05) is 17.1 Å². The highest BCUT2D eigenvalue weighted by molar-refractivity contribution is 6.98. The molecule has 0 aromatic heterocycles. The molecule has 0 unspecified atom stereocenters. The highest BCUT2D eigenvalue weighted by Crippen LogP contribution is 2.35. The van der Waals surface area contributed by atoms with Crippen LogP contribution in [0, 0.1) is 6.92 Å². The predicted octanol–water partition coefficient (Wildman–Crippen LogP) is 4.29. The Morgan fingerprint density at radius 1 is 0.556 bits per heavy atom. The summed E-state index contributed by atoms with van der Waals surface area (Å²) in [5.74, 6) is 0. The van der Waals surface area contributed by atoms with Crippen molar-refractivity contribution in [3.63, 3.8) is 0 Å². The van der Waals surface area contributed by atoms with E-state index in [1.807, 2.05) is 0 Å². The van der Waals surface area contributed by atoms with Crippen LogP contribution < -0.4 is 21.3 Å². The van der Waals surface area contributed by atoms with E-state index in [-0.39, 0.29) is 6.71 Å². The van der Waals surface area contributed by atoms with Crippen LogP contribution in [0.15, 0.2) is 103 Å². The molecule has 0 atom stereocenters. The maximum absolute atomic E-state index is 2.39. The van der Waals surface area contributed by atoms with Crippen molar-refractivity contribution < 1.29 is 0 Å². The Labute approximate surface area is 161 Å². The maximum atomic E-state index is 2.39. The quantitative estimate of drug-likeness (QED) is 0.431. The maximum Gasteiger partial charge on any atom is 0.246 e. The Kier molecular flexibility index (Phi) is 3.83. The summed E-state index contributed by atoms with van der Waals surface area (Å²) in [7, 11) is 0. The van der Waals surface area contributed by atoms with Gasteiger partial charge in [-0.2, -0.15) is 0 Å². The second-order valence-electron chi connectivity index (χ2n) is 7.13. The average Bonchev–Trinajstić information content (AvgIpc) is 2.73. The molecule has 0 amide bonds. The molecular formula is C25H20BN. The van der Waals surface area contributed by atoms with Gasteiger partial charge in [-0.25, -0.2) is 0 Å². The van der Waals surface area contributed by atoms with E-state index in [2.05, 4.69) is 115 Å². The highest BCUT2D eigenvalue weighted by Gasteiger charge is 2.34. The van der Waals surface area contributed by atoms with Gasteiger partial charge in [-0.1, -0.05) is 89.9 Å². The standard InChI is InChI=1S/C25H20BN/c1-19-15-17-21(18-16-19)27-24-13-7-5-11-22(24)26(20-9-3-2-4-10-20)23-12-6-8-14-25(23)27/h2-18H,1H3. The number of anilines is 3. The van der Waals surface area contributed by atoms with Crippen LogP contribution in [0.1, 0.15) is 5.56 Å². The third-order valence-corrected chi connectivity index (χ3v) is 5.40. The SMILES string of the molecule is Cc1ccc(N2c3ccccc3B(c3ccccc3)c3ccccc32)cc1. The normalized spacial score (nSPS) is 12.5. The first kappa shape index (κ1) is 16.0. The molecule has 1 nitrogen and oxygen atoms in total. The summed E-state index contributed by atoms with van der Waals surface area (Å²) in [5, 5.41) is 0. The monoisotopic (exact) mass is 345 g/mol. The van der Waals surface area contributed by atoms with Crippen LogP contribution in [0.3, 0.4) is 0 Å². The zero-order chi connectivity index (χ0) is 18.2. The van der Waals surface area contributed by atoms with Crippen LogP contribution in [0.25, 0.3) is 0 Å². The molecular weight excluding hydrogens is 325 g/mol. The van der Waals surface area contributed by atoms with Crippen molar-refractivity contribution in [1.82, 2.24) is 0 Å². The number of fused-ring (bicyclic) bond motifs is 2. The molecule has 0 saturated heterocycles. The van der Waals surface area contributed by atoms with Gasteiger partial charge in [0.2, 0.25) is 6.71 Å². The average molecular weight is 345 g/mol. The van der Waals surface area contributed by atoms with E-state index >= 15 is 0 Å². The lowest BCUT2D eigenvalue weighted by Crippen LogP contribution is -2.57. The van der Waals surface area contributed by atoms with Crippen LogP contribution in [0.5, 0.6) is 0 Å². The molecule has 4 aromatic carbocycles. The summed E-state index contributed by atoms with van der Waals surface area (Å²) in [5.41, 5.74) is 9.03. The minimum Gasteiger partial charge on any atom is -0.312 e. The summed E-state index contributed by atoms with van der Waals surface area (Å²) in [4.78, 5) is 2.39. The van der Waals surface area contributed by atoms with Crippen molar-refractivity contribution in [3.8, 4) is 0 Å². The molecule has 27 heavy (non-hydrogen) atoms. The first-order valence-electron chi connectivity index (χ1n) is 9.42. The van der Waals surface area contributed by atoms with Crippen LogP contribution in [0.2, 0.25) is 0 Å². The molecule has 0 fully saturated rings. The Morgan fingerprint density at radius 3 is 1.67 bits per heavy atom. The molecule has 5 rings (SSSR count). The molecule has 2 heteroatoms. The molecule has 1 aliphatic rings. The van der Waals surface area contributed by atoms with Crippen molar-refractivity contribution in [2.45, 2.75) is 6.92 Å². The van der Waals surface area contributed by atoms with E-state index in [9.17, 15) is 0 Å². The highest BCUT2D eigenvalue weighted by atomic mass is 15.1. The molecule has 0 aliphatic carbocycles. The van der Waals surface area contributed by atoms with E-state index in [1.54, 1.807) is 0 Å². The number of para-hydroxylation sites is 2. The lowest BCUT2D eigenvalue weighted by Gasteiger charge is -2.37. The minimum absolute atomic E-state index is 0.250. The Hall–Kier alpha value is -3.26. The molecule has 0 radical (unpaired) electrons. The molecule has 0 saturated carbocycles. The van der Waals surface area contributed by atoms with Gasteiger partial charge in [-0.05, 0) is 42.1 Å². The molecule has 4 aromatic rings. The predicted molar refractivity (Wildman–Crippen MR) is 117 cm³/mol. The van der Waals surface area contributed by atoms with Crippen LogP contribution in [-0.4, -0.2) is 6.71 Å². The number of hydrogen-bond donors (Lipinski definition) is 0. The Bertz CT molecular complexity index is 1040. The number of benzene rings is 4. The Balaban J connectivity index is 1.78. The lowest BCUT2D eigenvalue weighted by atomic mass is 9.35. The van der Waals surface area contributed by atoms with Gasteiger partial charge in [0.1, 0.15) is 0 Å². The Morgan fingerprint density at radius 2 is 1.07 bits per heavy atom. The van der Waals surface area contributed by atoms with Gasteiger partial charge in [0.15, 0.2) is 0 Å². The molecule has 0 bridgehead atoms. The minimum atomic E-state index is 0.250. The van der Waals surface area contributed by atoms with E-state index in [0.717, 1.165) is 0 Å². The number of nitrogens with zero attached hydrogens (tertiary/aromatic N) is 1. The van der Waals surface area contributed by atoms with Gasteiger partial charge in [0.05, 0.1) is 0 Å². The third kappa shape index (κ3) is 2.65. The van der Waals surface area contributed by atoms with Crippen molar-refractivity contribution in [2.75, 3.05) is 4.90 Å². The zero-order valence-corrected chi connectivity index (χ0v) is 15.3. The van der Waals surface area contributed by atoms with Gasteiger partial charge < -0.3 is 4.90 Å². The van der Waals surface area contributed by atoms with E-state index in [1.165, 1.54) is 39.0 Å². The number of hydrogen-bond acceptors (Lipinski definition) is 1. The fourth-order valence-electron chi connectivity index (χ4n) is 4.14. The molecule has 1 heterocycles. The second kappa shape index (κ2) is 6.48. The van der Waals surface area contributed by atoms with E-state index in [4.69, 9.17) is 0 Å². The van der Waals surface area contributed by atoms with Crippen LogP contribution in [-0.2, 0) is 0 Å². The topological polar surface area (TPSA) is 3.24 Å². The first-order valence-corrected chi connectivity index (χ1v) is 9.42. The van der Waals surface area contributed by atoms with Crippen molar-refractivity contribution in [1.29, 1.82) is 0 Å². The molecule has 0 spiro atoms. The first-order chi connectivity index (χ1) is 13.3. The van der Waals surface area contributed by atoms with Crippen molar-refractivity contribution in [3.05, 3.63) is 109 Å².